The molecule has 4 rings (SSSR count). The van der Waals surface area contributed by atoms with E-state index in [0.29, 0.717) is 17.9 Å². The van der Waals surface area contributed by atoms with Crippen molar-refractivity contribution in [3.05, 3.63) is 108 Å². The average molecular weight is 484 g/mol. The molecule has 0 saturated heterocycles. The van der Waals surface area contributed by atoms with E-state index in [-0.39, 0.29) is 30.1 Å². The first-order chi connectivity index (χ1) is 17.3. The molecule has 2 N–H and O–H groups in total. The number of benzene rings is 3. The van der Waals surface area contributed by atoms with Gasteiger partial charge in [0.1, 0.15) is 6.04 Å². The molecule has 3 aromatic carbocycles. The SMILES string of the molecule is CC(C)(Cc1nnc([C@H](CCC(=O)O)NC(=O)c2ccc(-c3ccccc3)cc2)o1)c1ccccc1. The minimum absolute atomic E-state index is 0.132. The molecule has 0 saturated carbocycles. The molecule has 7 heteroatoms. The van der Waals surface area contributed by atoms with E-state index in [2.05, 4.69) is 41.5 Å². The number of rotatable bonds is 10. The first-order valence-corrected chi connectivity index (χ1v) is 11.9. The van der Waals surface area contributed by atoms with Crippen molar-refractivity contribution in [2.75, 3.05) is 0 Å². The second-order valence-electron chi connectivity index (χ2n) is 9.36. The summed E-state index contributed by atoms with van der Waals surface area (Å²) in [6.45, 7) is 4.18. The van der Waals surface area contributed by atoms with E-state index in [1.54, 1.807) is 12.1 Å². The molecule has 0 bridgehead atoms. The van der Waals surface area contributed by atoms with Crippen molar-refractivity contribution in [3.63, 3.8) is 0 Å². The predicted octanol–water partition coefficient (Wildman–Crippen LogP) is 5.59. The summed E-state index contributed by atoms with van der Waals surface area (Å²) in [6.07, 6.45) is 0.489. The van der Waals surface area contributed by atoms with Gasteiger partial charge in [-0.05, 0) is 40.7 Å². The van der Waals surface area contributed by atoms with Crippen LogP contribution in [0.25, 0.3) is 11.1 Å². The molecule has 0 fully saturated rings. The Labute approximate surface area is 210 Å². The Morgan fingerprint density at radius 3 is 2.14 bits per heavy atom. The highest BCUT2D eigenvalue weighted by atomic mass is 16.4. The molecule has 1 heterocycles. The lowest BCUT2D eigenvalue weighted by molar-refractivity contribution is -0.137. The first-order valence-electron chi connectivity index (χ1n) is 11.9. The fourth-order valence-corrected chi connectivity index (χ4v) is 4.06. The molecular weight excluding hydrogens is 454 g/mol. The zero-order chi connectivity index (χ0) is 25.5. The van der Waals surface area contributed by atoms with Gasteiger partial charge < -0.3 is 14.8 Å². The van der Waals surface area contributed by atoms with Crippen LogP contribution in [0.1, 0.15) is 60.4 Å². The summed E-state index contributed by atoms with van der Waals surface area (Å²) < 4.78 is 5.92. The maximum Gasteiger partial charge on any atom is 0.303 e. The summed E-state index contributed by atoms with van der Waals surface area (Å²) in [6, 6.07) is 26.5. The zero-order valence-corrected chi connectivity index (χ0v) is 20.3. The molecule has 7 nitrogen and oxygen atoms in total. The van der Waals surface area contributed by atoms with Crippen molar-refractivity contribution in [1.82, 2.24) is 15.5 Å². The number of carboxylic acids is 1. The monoisotopic (exact) mass is 483 g/mol. The maximum atomic E-state index is 13.0. The van der Waals surface area contributed by atoms with Crippen LogP contribution in [-0.2, 0) is 16.6 Å². The van der Waals surface area contributed by atoms with Crippen LogP contribution in [0, 0.1) is 0 Å². The summed E-state index contributed by atoms with van der Waals surface area (Å²) in [5, 5.41) is 20.4. The Morgan fingerprint density at radius 1 is 0.889 bits per heavy atom. The van der Waals surface area contributed by atoms with E-state index >= 15 is 0 Å². The van der Waals surface area contributed by atoms with Crippen molar-refractivity contribution in [2.45, 2.75) is 44.6 Å². The average Bonchev–Trinajstić information content (AvgIpc) is 3.35. The molecule has 0 aliphatic carbocycles. The molecule has 0 aliphatic rings. The predicted molar refractivity (Wildman–Crippen MR) is 136 cm³/mol. The van der Waals surface area contributed by atoms with E-state index in [9.17, 15) is 14.7 Å². The molecule has 1 aromatic heterocycles. The molecule has 0 spiro atoms. The van der Waals surface area contributed by atoms with Gasteiger partial charge in [0.25, 0.3) is 5.91 Å². The Hall–Kier alpha value is -4.26. The normalized spacial score (nSPS) is 12.2. The number of carbonyl (C=O) groups excluding carboxylic acids is 1. The van der Waals surface area contributed by atoms with Gasteiger partial charge in [-0.25, -0.2) is 0 Å². The molecule has 36 heavy (non-hydrogen) atoms. The summed E-state index contributed by atoms with van der Waals surface area (Å²) in [5.41, 5.74) is 3.41. The van der Waals surface area contributed by atoms with Crippen LogP contribution in [0.5, 0.6) is 0 Å². The molecule has 4 aromatic rings. The molecule has 1 atom stereocenters. The topological polar surface area (TPSA) is 105 Å². The van der Waals surface area contributed by atoms with Gasteiger partial charge >= 0.3 is 5.97 Å². The van der Waals surface area contributed by atoms with Crippen LogP contribution in [0.4, 0.5) is 0 Å². The third-order valence-corrected chi connectivity index (χ3v) is 6.14. The fraction of sp³-hybridized carbons (Fsp3) is 0.241. The highest BCUT2D eigenvalue weighted by molar-refractivity contribution is 5.94. The second-order valence-corrected chi connectivity index (χ2v) is 9.36. The summed E-state index contributed by atoms with van der Waals surface area (Å²) in [4.78, 5) is 24.2. The number of nitrogens with one attached hydrogen (secondary N) is 1. The highest BCUT2D eigenvalue weighted by Gasteiger charge is 2.27. The molecule has 0 unspecified atom stereocenters. The third kappa shape index (κ3) is 6.24. The summed E-state index contributed by atoms with van der Waals surface area (Å²) >= 11 is 0. The van der Waals surface area contributed by atoms with Crippen LogP contribution >= 0.6 is 0 Å². The first kappa shape index (κ1) is 24.9. The van der Waals surface area contributed by atoms with Gasteiger partial charge in [0.15, 0.2) is 0 Å². The van der Waals surface area contributed by atoms with E-state index < -0.39 is 12.0 Å². The number of hydrogen-bond acceptors (Lipinski definition) is 5. The molecule has 0 aliphatic heterocycles. The number of aliphatic carboxylic acids is 1. The van der Waals surface area contributed by atoms with Crippen LogP contribution in [0.15, 0.2) is 89.3 Å². The smallest absolute Gasteiger partial charge is 0.303 e. The summed E-state index contributed by atoms with van der Waals surface area (Å²) in [5.74, 6) is -0.675. The minimum atomic E-state index is -0.966. The lowest BCUT2D eigenvalue weighted by atomic mass is 9.81. The van der Waals surface area contributed by atoms with Crippen molar-refractivity contribution < 1.29 is 19.1 Å². The van der Waals surface area contributed by atoms with Crippen molar-refractivity contribution >= 4 is 11.9 Å². The van der Waals surface area contributed by atoms with Crippen LogP contribution in [-0.4, -0.2) is 27.2 Å². The van der Waals surface area contributed by atoms with Gasteiger partial charge in [0.2, 0.25) is 11.8 Å². The highest BCUT2D eigenvalue weighted by Crippen LogP contribution is 2.28. The van der Waals surface area contributed by atoms with Crippen LogP contribution in [0.3, 0.4) is 0 Å². The maximum absolute atomic E-state index is 13.0. The Balaban J connectivity index is 1.49. The molecule has 0 radical (unpaired) electrons. The number of aromatic nitrogens is 2. The molecular formula is C29H29N3O4. The zero-order valence-electron chi connectivity index (χ0n) is 20.3. The van der Waals surface area contributed by atoms with E-state index in [0.717, 1.165) is 16.7 Å². The number of carboxylic acid groups (broad SMARTS) is 1. The van der Waals surface area contributed by atoms with Crippen LogP contribution < -0.4 is 5.32 Å². The Bertz CT molecular complexity index is 1300. The summed E-state index contributed by atoms with van der Waals surface area (Å²) in [7, 11) is 0. The molecule has 184 valence electrons. The Kier molecular flexibility index (Phi) is 7.59. The Morgan fingerprint density at radius 2 is 1.50 bits per heavy atom. The molecule has 1 amide bonds. The number of hydrogen-bond donors (Lipinski definition) is 2. The fourth-order valence-electron chi connectivity index (χ4n) is 4.06. The standard InChI is InChI=1S/C29H29N3O4/c1-29(2,23-11-7-4-8-12-23)19-25-31-32-28(36-25)24(17-18-26(33)34)30-27(35)22-15-13-21(14-16-22)20-9-5-3-6-10-20/h3-16,24H,17-19H2,1-2H3,(H,30,35)(H,33,34)/t24-/m0/s1. The van der Waals surface area contributed by atoms with Gasteiger partial charge in [0.05, 0.1) is 0 Å². The van der Waals surface area contributed by atoms with Gasteiger partial charge in [-0.2, -0.15) is 0 Å². The van der Waals surface area contributed by atoms with Gasteiger partial charge in [-0.3, -0.25) is 9.59 Å². The quantitative estimate of drug-likeness (QED) is 0.304. The minimum Gasteiger partial charge on any atom is -0.481 e. The van der Waals surface area contributed by atoms with E-state index in [1.807, 2.05) is 60.7 Å². The van der Waals surface area contributed by atoms with Crippen LogP contribution in [0.2, 0.25) is 0 Å². The van der Waals surface area contributed by atoms with Gasteiger partial charge in [0, 0.05) is 18.4 Å². The van der Waals surface area contributed by atoms with E-state index in [4.69, 9.17) is 4.42 Å². The van der Waals surface area contributed by atoms with Gasteiger partial charge in [-0.15, -0.1) is 10.2 Å². The number of amides is 1. The van der Waals surface area contributed by atoms with Gasteiger partial charge in [-0.1, -0.05) is 86.6 Å². The van der Waals surface area contributed by atoms with E-state index in [1.165, 1.54) is 0 Å². The third-order valence-electron chi connectivity index (χ3n) is 6.14. The number of carbonyl (C=O) groups is 2. The van der Waals surface area contributed by atoms with Crippen molar-refractivity contribution in [3.8, 4) is 11.1 Å². The second kappa shape index (κ2) is 11.0. The lowest BCUT2D eigenvalue weighted by Crippen LogP contribution is -2.29. The van der Waals surface area contributed by atoms with Crippen molar-refractivity contribution in [2.24, 2.45) is 0 Å². The van der Waals surface area contributed by atoms with Crippen molar-refractivity contribution in [1.29, 1.82) is 0 Å². The lowest BCUT2D eigenvalue weighted by Gasteiger charge is -2.23. The number of nitrogens with zero attached hydrogens (tertiary/aromatic N) is 2. The largest absolute Gasteiger partial charge is 0.481 e.